The molecule has 3 nitrogen and oxygen atoms in total. The molecular weight excluding hydrogens is 337 g/mol. The van der Waals surface area contributed by atoms with E-state index in [1.807, 2.05) is 25.1 Å². The van der Waals surface area contributed by atoms with Gasteiger partial charge in [0.2, 0.25) is 0 Å². The monoisotopic (exact) mass is 353 g/mol. The molecule has 2 aromatic rings. The molecule has 21 heavy (non-hydrogen) atoms. The quantitative estimate of drug-likeness (QED) is 0.838. The van der Waals surface area contributed by atoms with Crippen LogP contribution < -0.4 is 14.8 Å². The molecular formula is C16H17BrFNO2. The molecule has 0 heterocycles. The first-order valence-electron chi connectivity index (χ1n) is 6.48. The minimum atomic E-state index is -0.363. The zero-order valence-corrected chi connectivity index (χ0v) is 13.7. The number of rotatable bonds is 5. The molecule has 5 heteroatoms. The van der Waals surface area contributed by atoms with E-state index >= 15 is 0 Å². The summed E-state index contributed by atoms with van der Waals surface area (Å²) in [6.45, 7) is 2.00. The van der Waals surface area contributed by atoms with Gasteiger partial charge in [0, 0.05) is 22.3 Å². The van der Waals surface area contributed by atoms with Gasteiger partial charge < -0.3 is 14.8 Å². The topological polar surface area (TPSA) is 30.5 Å². The number of hydrogen-bond donors (Lipinski definition) is 1. The van der Waals surface area contributed by atoms with E-state index in [1.54, 1.807) is 19.2 Å². The zero-order valence-electron chi connectivity index (χ0n) is 12.1. The number of anilines is 1. The first-order valence-corrected chi connectivity index (χ1v) is 7.27. The Morgan fingerprint density at radius 2 is 1.86 bits per heavy atom. The molecule has 0 spiro atoms. The van der Waals surface area contributed by atoms with Gasteiger partial charge in [-0.2, -0.15) is 0 Å². The average Bonchev–Trinajstić information content (AvgIpc) is 2.46. The van der Waals surface area contributed by atoms with E-state index in [1.165, 1.54) is 13.2 Å². The van der Waals surface area contributed by atoms with Gasteiger partial charge in [0.15, 0.2) is 11.6 Å². The molecule has 0 amide bonds. The lowest BCUT2D eigenvalue weighted by Crippen LogP contribution is -2.07. The Kier molecular flexibility index (Phi) is 5.07. The van der Waals surface area contributed by atoms with Crippen LogP contribution in [0.5, 0.6) is 11.5 Å². The van der Waals surface area contributed by atoms with Crippen LogP contribution in [0.1, 0.15) is 18.5 Å². The minimum absolute atomic E-state index is 0.00138. The van der Waals surface area contributed by atoms with Crippen LogP contribution >= 0.6 is 15.9 Å². The zero-order chi connectivity index (χ0) is 15.4. The van der Waals surface area contributed by atoms with E-state index in [2.05, 4.69) is 21.2 Å². The van der Waals surface area contributed by atoms with Gasteiger partial charge in [-0.1, -0.05) is 22.0 Å². The average molecular weight is 354 g/mol. The van der Waals surface area contributed by atoms with Crippen molar-refractivity contribution in [3.05, 3.63) is 52.3 Å². The number of benzene rings is 2. The SMILES string of the molecule is COc1cc(Br)cc(NC(C)c2ccc(F)c(OC)c2)c1. The Bertz CT molecular complexity index is 634. The Labute approximate surface area is 132 Å². The molecule has 2 aromatic carbocycles. The predicted molar refractivity (Wildman–Crippen MR) is 85.7 cm³/mol. The third kappa shape index (κ3) is 3.88. The van der Waals surface area contributed by atoms with E-state index in [9.17, 15) is 4.39 Å². The van der Waals surface area contributed by atoms with Gasteiger partial charge in [-0.15, -0.1) is 0 Å². The molecule has 2 rings (SSSR count). The Hall–Kier alpha value is -1.75. The van der Waals surface area contributed by atoms with Gasteiger partial charge in [0.1, 0.15) is 5.75 Å². The molecule has 0 saturated heterocycles. The van der Waals surface area contributed by atoms with Crippen LogP contribution in [0.25, 0.3) is 0 Å². The molecule has 1 N–H and O–H groups in total. The fourth-order valence-corrected chi connectivity index (χ4v) is 2.52. The third-order valence-corrected chi connectivity index (χ3v) is 3.62. The van der Waals surface area contributed by atoms with Crippen molar-refractivity contribution in [2.45, 2.75) is 13.0 Å². The summed E-state index contributed by atoms with van der Waals surface area (Å²) in [7, 11) is 3.08. The standard InChI is InChI=1S/C16H17BrFNO2/c1-10(11-4-5-15(18)16(6-11)21-3)19-13-7-12(17)8-14(9-13)20-2/h4-10,19H,1-3H3. The molecule has 0 radical (unpaired) electrons. The van der Waals surface area contributed by atoms with E-state index in [0.717, 1.165) is 21.5 Å². The maximum absolute atomic E-state index is 13.4. The summed E-state index contributed by atoms with van der Waals surface area (Å²) in [5.74, 6) is 0.640. The lowest BCUT2D eigenvalue weighted by atomic mass is 10.1. The lowest BCUT2D eigenvalue weighted by molar-refractivity contribution is 0.385. The van der Waals surface area contributed by atoms with Crippen LogP contribution in [0.3, 0.4) is 0 Å². The second-order valence-corrected chi connectivity index (χ2v) is 5.56. The van der Waals surface area contributed by atoms with Gasteiger partial charge >= 0.3 is 0 Å². The van der Waals surface area contributed by atoms with Crippen LogP contribution in [0.15, 0.2) is 40.9 Å². The highest BCUT2D eigenvalue weighted by molar-refractivity contribution is 9.10. The fourth-order valence-electron chi connectivity index (χ4n) is 2.04. The maximum Gasteiger partial charge on any atom is 0.165 e. The summed E-state index contributed by atoms with van der Waals surface area (Å²) >= 11 is 3.44. The summed E-state index contributed by atoms with van der Waals surface area (Å²) in [6.07, 6.45) is 0. The summed E-state index contributed by atoms with van der Waals surface area (Å²) in [5, 5.41) is 3.36. The number of methoxy groups -OCH3 is 2. The number of hydrogen-bond acceptors (Lipinski definition) is 3. The van der Waals surface area contributed by atoms with Crippen molar-refractivity contribution >= 4 is 21.6 Å². The van der Waals surface area contributed by atoms with Crippen molar-refractivity contribution in [2.24, 2.45) is 0 Å². The van der Waals surface area contributed by atoms with Gasteiger partial charge in [-0.3, -0.25) is 0 Å². The largest absolute Gasteiger partial charge is 0.497 e. The lowest BCUT2D eigenvalue weighted by Gasteiger charge is -2.17. The van der Waals surface area contributed by atoms with Gasteiger partial charge in [0.25, 0.3) is 0 Å². The van der Waals surface area contributed by atoms with Crippen molar-refractivity contribution in [1.82, 2.24) is 0 Å². The Balaban J connectivity index is 2.21. The molecule has 0 saturated carbocycles. The number of nitrogens with one attached hydrogen (secondary N) is 1. The van der Waals surface area contributed by atoms with Crippen LogP contribution in [0, 0.1) is 5.82 Å². The molecule has 0 aliphatic carbocycles. The highest BCUT2D eigenvalue weighted by atomic mass is 79.9. The first kappa shape index (κ1) is 15.6. The van der Waals surface area contributed by atoms with Crippen molar-refractivity contribution in [1.29, 1.82) is 0 Å². The molecule has 112 valence electrons. The highest BCUT2D eigenvalue weighted by Crippen LogP contribution is 2.29. The van der Waals surface area contributed by atoms with Crippen molar-refractivity contribution in [2.75, 3.05) is 19.5 Å². The summed E-state index contributed by atoms with van der Waals surface area (Å²) in [4.78, 5) is 0. The summed E-state index contributed by atoms with van der Waals surface area (Å²) in [6, 6.07) is 10.6. The van der Waals surface area contributed by atoms with E-state index in [4.69, 9.17) is 9.47 Å². The Morgan fingerprint density at radius 1 is 1.10 bits per heavy atom. The molecule has 0 fully saturated rings. The maximum atomic E-state index is 13.4. The van der Waals surface area contributed by atoms with Crippen molar-refractivity contribution < 1.29 is 13.9 Å². The van der Waals surface area contributed by atoms with Crippen molar-refractivity contribution in [3.8, 4) is 11.5 Å². The summed E-state index contributed by atoms with van der Waals surface area (Å²) < 4.78 is 24.6. The summed E-state index contributed by atoms with van der Waals surface area (Å²) in [5.41, 5.74) is 1.85. The van der Waals surface area contributed by atoms with E-state index in [-0.39, 0.29) is 17.6 Å². The molecule has 0 aliphatic rings. The molecule has 1 unspecified atom stereocenters. The van der Waals surface area contributed by atoms with E-state index < -0.39 is 0 Å². The normalized spacial score (nSPS) is 11.9. The van der Waals surface area contributed by atoms with Crippen LogP contribution in [-0.2, 0) is 0 Å². The van der Waals surface area contributed by atoms with Gasteiger partial charge in [-0.05, 0) is 36.8 Å². The third-order valence-electron chi connectivity index (χ3n) is 3.17. The van der Waals surface area contributed by atoms with Crippen LogP contribution in [0.4, 0.5) is 10.1 Å². The highest BCUT2D eigenvalue weighted by Gasteiger charge is 2.10. The van der Waals surface area contributed by atoms with Gasteiger partial charge in [-0.25, -0.2) is 4.39 Å². The predicted octanol–water partition coefficient (Wildman–Crippen LogP) is 4.78. The molecule has 0 aliphatic heterocycles. The van der Waals surface area contributed by atoms with E-state index in [0.29, 0.717) is 0 Å². The van der Waals surface area contributed by atoms with Crippen molar-refractivity contribution in [3.63, 3.8) is 0 Å². The molecule has 0 aromatic heterocycles. The second-order valence-electron chi connectivity index (χ2n) is 4.64. The number of halogens is 2. The number of ether oxygens (including phenoxy) is 2. The smallest absolute Gasteiger partial charge is 0.165 e. The van der Waals surface area contributed by atoms with Gasteiger partial charge in [0.05, 0.1) is 14.2 Å². The molecule has 0 bridgehead atoms. The minimum Gasteiger partial charge on any atom is -0.497 e. The first-order chi connectivity index (χ1) is 10.0. The second kappa shape index (κ2) is 6.80. The fraction of sp³-hybridized carbons (Fsp3) is 0.250. The van der Waals surface area contributed by atoms with Crippen LogP contribution in [0.2, 0.25) is 0 Å². The Morgan fingerprint density at radius 3 is 2.52 bits per heavy atom. The molecule has 1 atom stereocenters. The van der Waals surface area contributed by atoms with Crippen LogP contribution in [-0.4, -0.2) is 14.2 Å².